The van der Waals surface area contributed by atoms with E-state index in [4.69, 9.17) is 0 Å². The highest BCUT2D eigenvalue weighted by atomic mass is 16.2. The smallest absolute Gasteiger partial charge is 0.322 e. The van der Waals surface area contributed by atoms with E-state index in [-0.39, 0.29) is 24.8 Å². The van der Waals surface area contributed by atoms with Crippen LogP contribution < -0.4 is 15.5 Å². The van der Waals surface area contributed by atoms with E-state index in [9.17, 15) is 14.4 Å². The van der Waals surface area contributed by atoms with Gasteiger partial charge in [0.1, 0.15) is 5.54 Å². The van der Waals surface area contributed by atoms with Gasteiger partial charge in [-0.3, -0.25) is 14.9 Å². The fourth-order valence-corrected chi connectivity index (χ4v) is 4.38. The zero-order chi connectivity index (χ0) is 21.1. The van der Waals surface area contributed by atoms with E-state index in [1.165, 1.54) is 0 Å². The number of hydrogen-bond donors (Lipinski definition) is 2. The quantitative estimate of drug-likeness (QED) is 0.746. The van der Waals surface area contributed by atoms with Gasteiger partial charge in [0.25, 0.3) is 5.91 Å². The van der Waals surface area contributed by atoms with Gasteiger partial charge in [-0.25, -0.2) is 4.79 Å². The number of para-hydroxylation sites is 1. The lowest BCUT2D eigenvalue weighted by Gasteiger charge is -2.41. The zero-order valence-electron chi connectivity index (χ0n) is 17.0. The molecule has 2 aromatic rings. The first-order chi connectivity index (χ1) is 14.5. The molecule has 0 saturated carbocycles. The predicted molar refractivity (Wildman–Crippen MR) is 114 cm³/mol. The number of hydrogen-bond acceptors (Lipinski definition) is 4. The fraction of sp³-hybridized carbons (Fsp3) is 0.348. The van der Waals surface area contributed by atoms with Crippen molar-refractivity contribution >= 4 is 23.5 Å². The highest BCUT2D eigenvalue weighted by Gasteiger charge is 2.47. The second-order valence-corrected chi connectivity index (χ2v) is 7.90. The van der Waals surface area contributed by atoms with E-state index in [1.807, 2.05) is 41.3 Å². The van der Waals surface area contributed by atoms with Crippen molar-refractivity contribution in [3.05, 3.63) is 66.2 Å². The van der Waals surface area contributed by atoms with Gasteiger partial charge in [0, 0.05) is 37.8 Å². The molecule has 7 heteroatoms. The highest BCUT2D eigenvalue weighted by molar-refractivity contribution is 6.07. The predicted octanol–water partition coefficient (Wildman–Crippen LogP) is 2.24. The van der Waals surface area contributed by atoms with Crippen molar-refractivity contribution in [3.8, 4) is 0 Å². The summed E-state index contributed by atoms with van der Waals surface area (Å²) in [6, 6.07) is 19.0. The molecule has 2 heterocycles. The first-order valence-electron chi connectivity index (χ1n) is 10.3. The van der Waals surface area contributed by atoms with Crippen LogP contribution in [-0.2, 0) is 15.1 Å². The Morgan fingerprint density at radius 3 is 2.30 bits per heavy atom. The van der Waals surface area contributed by atoms with Gasteiger partial charge in [0.05, 0.1) is 0 Å². The molecule has 2 saturated heterocycles. The summed E-state index contributed by atoms with van der Waals surface area (Å²) in [5, 5.41) is 5.07. The molecule has 0 spiro atoms. The van der Waals surface area contributed by atoms with Gasteiger partial charge in [0.15, 0.2) is 0 Å². The lowest BCUT2D eigenvalue weighted by molar-refractivity contribution is -0.133. The first kappa shape index (κ1) is 19.9. The van der Waals surface area contributed by atoms with Crippen molar-refractivity contribution in [1.82, 2.24) is 15.5 Å². The van der Waals surface area contributed by atoms with Gasteiger partial charge in [0.2, 0.25) is 5.91 Å². The van der Waals surface area contributed by atoms with E-state index < -0.39 is 17.5 Å². The number of amides is 4. The van der Waals surface area contributed by atoms with Crippen LogP contribution in [0.25, 0.3) is 0 Å². The minimum atomic E-state index is -1.20. The van der Waals surface area contributed by atoms with Crippen LogP contribution in [0, 0.1) is 0 Å². The summed E-state index contributed by atoms with van der Waals surface area (Å²) in [7, 11) is 0. The average molecular weight is 406 g/mol. The summed E-state index contributed by atoms with van der Waals surface area (Å²) in [5.74, 6) is -0.410. The maximum Gasteiger partial charge on any atom is 0.322 e. The van der Waals surface area contributed by atoms with E-state index in [1.54, 1.807) is 12.1 Å². The third-order valence-electron chi connectivity index (χ3n) is 5.99. The summed E-state index contributed by atoms with van der Waals surface area (Å²) in [5.41, 5.74) is 0.639. The molecule has 2 aliphatic heterocycles. The third-order valence-corrected chi connectivity index (χ3v) is 5.99. The summed E-state index contributed by atoms with van der Waals surface area (Å²) in [6.45, 7) is 4.14. The molecule has 7 nitrogen and oxygen atoms in total. The maximum atomic E-state index is 13.0. The highest BCUT2D eigenvalue weighted by Crippen LogP contribution is 2.30. The molecule has 0 aromatic heterocycles. The molecule has 2 fully saturated rings. The first-order valence-corrected chi connectivity index (χ1v) is 10.3. The van der Waals surface area contributed by atoms with Crippen LogP contribution in [0.15, 0.2) is 60.7 Å². The van der Waals surface area contributed by atoms with Crippen LogP contribution >= 0.6 is 0 Å². The number of anilines is 1. The van der Waals surface area contributed by atoms with Crippen LogP contribution in [0.2, 0.25) is 0 Å². The summed E-state index contributed by atoms with van der Waals surface area (Å²) >= 11 is 0. The van der Waals surface area contributed by atoms with Crippen LogP contribution in [-0.4, -0.2) is 48.4 Å². The Labute approximate surface area is 176 Å². The SMILES string of the molecule is CC1CN(C(=O)CCC2(c3ccccc3)NC(=O)NC2=O)CCN1c1ccccc1. The summed E-state index contributed by atoms with van der Waals surface area (Å²) in [6.07, 6.45) is 0.404. The number of urea groups is 1. The van der Waals surface area contributed by atoms with Crippen LogP contribution in [0.3, 0.4) is 0 Å². The molecule has 30 heavy (non-hydrogen) atoms. The average Bonchev–Trinajstić information content (AvgIpc) is 3.07. The van der Waals surface area contributed by atoms with Crippen molar-refractivity contribution < 1.29 is 14.4 Å². The largest absolute Gasteiger partial charge is 0.365 e. The molecule has 2 N–H and O–H groups in total. The number of nitrogens with zero attached hydrogens (tertiary/aromatic N) is 2. The topological polar surface area (TPSA) is 81.8 Å². The fourth-order valence-electron chi connectivity index (χ4n) is 4.38. The normalized spacial score (nSPS) is 23.8. The Balaban J connectivity index is 1.42. The molecule has 0 radical (unpaired) electrons. The second kappa shape index (κ2) is 8.18. The summed E-state index contributed by atoms with van der Waals surface area (Å²) < 4.78 is 0. The molecule has 2 aliphatic rings. The molecule has 2 unspecified atom stereocenters. The van der Waals surface area contributed by atoms with Crippen LogP contribution in [0.5, 0.6) is 0 Å². The Bertz CT molecular complexity index is 934. The second-order valence-electron chi connectivity index (χ2n) is 7.90. The molecule has 4 rings (SSSR count). The minimum absolute atomic E-state index is 0.00110. The monoisotopic (exact) mass is 406 g/mol. The van der Waals surface area contributed by atoms with E-state index in [0.717, 1.165) is 12.2 Å². The number of carbonyl (C=O) groups excluding carboxylic acids is 3. The van der Waals surface area contributed by atoms with E-state index >= 15 is 0 Å². The van der Waals surface area contributed by atoms with Gasteiger partial charge in [-0.15, -0.1) is 0 Å². The minimum Gasteiger partial charge on any atom is -0.365 e. The lowest BCUT2D eigenvalue weighted by Crippen LogP contribution is -2.54. The van der Waals surface area contributed by atoms with Crippen molar-refractivity contribution in [2.24, 2.45) is 0 Å². The van der Waals surface area contributed by atoms with Gasteiger partial charge in [-0.2, -0.15) is 0 Å². The van der Waals surface area contributed by atoms with Crippen LogP contribution in [0.4, 0.5) is 10.5 Å². The van der Waals surface area contributed by atoms with Crippen molar-refractivity contribution in [1.29, 1.82) is 0 Å². The Morgan fingerprint density at radius 1 is 1.03 bits per heavy atom. The van der Waals surface area contributed by atoms with E-state index in [0.29, 0.717) is 18.7 Å². The molecule has 2 atom stereocenters. The standard InChI is InChI=1S/C23H26N4O3/c1-17-16-26(14-15-27(17)19-10-6-3-7-11-19)20(28)12-13-23(18-8-4-2-5-9-18)21(29)24-22(30)25-23/h2-11,17H,12-16H2,1H3,(H2,24,25,29,30). The number of benzene rings is 2. The van der Waals surface area contributed by atoms with Crippen LogP contribution in [0.1, 0.15) is 25.3 Å². The number of piperazine rings is 1. The van der Waals surface area contributed by atoms with E-state index in [2.05, 4.69) is 34.6 Å². The molecule has 2 aromatic carbocycles. The zero-order valence-corrected chi connectivity index (χ0v) is 17.0. The van der Waals surface area contributed by atoms with Crippen molar-refractivity contribution in [2.45, 2.75) is 31.3 Å². The Kier molecular flexibility index (Phi) is 5.44. The van der Waals surface area contributed by atoms with Gasteiger partial charge >= 0.3 is 6.03 Å². The Morgan fingerprint density at radius 2 is 1.70 bits per heavy atom. The van der Waals surface area contributed by atoms with Gasteiger partial charge in [-0.1, -0.05) is 48.5 Å². The number of rotatable bonds is 5. The molecule has 0 aliphatic carbocycles. The van der Waals surface area contributed by atoms with Crippen molar-refractivity contribution in [2.75, 3.05) is 24.5 Å². The lowest BCUT2D eigenvalue weighted by atomic mass is 9.85. The maximum absolute atomic E-state index is 13.0. The molecule has 0 bridgehead atoms. The summed E-state index contributed by atoms with van der Waals surface area (Å²) in [4.78, 5) is 41.6. The molecular weight excluding hydrogens is 380 g/mol. The molecule has 156 valence electrons. The number of nitrogens with one attached hydrogen (secondary N) is 2. The van der Waals surface area contributed by atoms with Crippen molar-refractivity contribution in [3.63, 3.8) is 0 Å². The number of carbonyl (C=O) groups is 3. The number of imide groups is 1. The molecule has 4 amide bonds. The molecular formula is C23H26N4O3. The van der Waals surface area contributed by atoms with Gasteiger partial charge in [-0.05, 0) is 31.0 Å². The Hall–Kier alpha value is -3.35. The third kappa shape index (κ3) is 3.75. The van der Waals surface area contributed by atoms with Gasteiger partial charge < -0.3 is 15.1 Å².